The van der Waals surface area contributed by atoms with Gasteiger partial charge in [-0.15, -0.1) is 0 Å². The Labute approximate surface area is 123 Å². The van der Waals surface area contributed by atoms with Gasteiger partial charge in [0.05, 0.1) is 0 Å². The molecule has 0 spiro atoms. The number of rotatable bonds is 5. The molecule has 110 valence electrons. The highest BCUT2D eigenvalue weighted by atomic mass is 35.5. The minimum atomic E-state index is -1.05. The fraction of sp³-hybridized carbons (Fsp3) is 0.429. The predicted octanol–water partition coefficient (Wildman–Crippen LogP) is 3.27. The lowest BCUT2D eigenvalue weighted by Gasteiger charge is -2.17. The number of anilines is 1. The van der Waals surface area contributed by atoms with Crippen molar-refractivity contribution in [3.05, 3.63) is 28.8 Å². The highest BCUT2D eigenvalue weighted by Crippen LogP contribution is 2.19. The highest BCUT2D eigenvalue weighted by molar-refractivity contribution is 6.31. The van der Waals surface area contributed by atoms with Gasteiger partial charge in [-0.1, -0.05) is 31.5 Å². The van der Waals surface area contributed by atoms with Crippen LogP contribution in [0.3, 0.4) is 0 Å². The lowest BCUT2D eigenvalue weighted by molar-refractivity contribution is -0.139. The number of carbonyl (C=O) groups is 2. The Bertz CT molecular complexity index is 503. The minimum absolute atomic E-state index is 0.171. The number of hydrogen-bond donors (Lipinski definition) is 3. The molecule has 1 aromatic carbocycles. The molecule has 20 heavy (non-hydrogen) atoms. The third kappa shape index (κ3) is 5.09. The normalized spacial score (nSPS) is 12.1. The van der Waals surface area contributed by atoms with Crippen LogP contribution in [-0.2, 0) is 4.79 Å². The largest absolute Gasteiger partial charge is 0.480 e. The molecule has 0 heterocycles. The summed E-state index contributed by atoms with van der Waals surface area (Å²) in [4.78, 5) is 22.8. The number of carboxylic acids is 1. The second kappa shape index (κ2) is 7.14. The van der Waals surface area contributed by atoms with E-state index >= 15 is 0 Å². The van der Waals surface area contributed by atoms with E-state index < -0.39 is 18.0 Å². The molecule has 0 saturated carbocycles. The monoisotopic (exact) mass is 298 g/mol. The van der Waals surface area contributed by atoms with Gasteiger partial charge in [0.2, 0.25) is 0 Å². The second-order valence-corrected chi connectivity index (χ2v) is 5.49. The Balaban J connectivity index is 2.65. The zero-order valence-corrected chi connectivity index (χ0v) is 12.5. The van der Waals surface area contributed by atoms with E-state index in [0.717, 1.165) is 5.56 Å². The maximum Gasteiger partial charge on any atom is 0.326 e. The molecule has 0 fully saturated rings. The van der Waals surface area contributed by atoms with E-state index in [1.807, 2.05) is 20.8 Å². The van der Waals surface area contributed by atoms with E-state index in [1.54, 1.807) is 18.2 Å². The third-order valence-electron chi connectivity index (χ3n) is 2.74. The van der Waals surface area contributed by atoms with Crippen LogP contribution in [0.4, 0.5) is 10.5 Å². The number of aliphatic carboxylic acids is 1. The zero-order chi connectivity index (χ0) is 15.3. The van der Waals surface area contributed by atoms with E-state index in [4.69, 9.17) is 16.7 Å². The number of amides is 2. The Morgan fingerprint density at radius 2 is 2.00 bits per heavy atom. The third-order valence-corrected chi connectivity index (χ3v) is 3.15. The highest BCUT2D eigenvalue weighted by Gasteiger charge is 2.21. The lowest BCUT2D eigenvalue weighted by atomic mass is 10.0. The summed E-state index contributed by atoms with van der Waals surface area (Å²) in [7, 11) is 0. The molecule has 3 N–H and O–H groups in total. The maximum absolute atomic E-state index is 11.8. The Hall–Kier alpha value is -1.75. The van der Waals surface area contributed by atoms with Gasteiger partial charge in [-0.05, 0) is 37.0 Å². The first-order valence-electron chi connectivity index (χ1n) is 6.36. The lowest BCUT2D eigenvalue weighted by Crippen LogP contribution is -2.43. The van der Waals surface area contributed by atoms with Crippen molar-refractivity contribution in [2.24, 2.45) is 5.92 Å². The van der Waals surface area contributed by atoms with Crippen LogP contribution in [0.15, 0.2) is 18.2 Å². The van der Waals surface area contributed by atoms with Crippen molar-refractivity contribution in [1.82, 2.24) is 5.32 Å². The van der Waals surface area contributed by atoms with E-state index in [1.165, 1.54) is 0 Å². The first kappa shape index (κ1) is 16.3. The number of carbonyl (C=O) groups excluding carboxylic acids is 1. The molecule has 2 amide bonds. The molecular weight excluding hydrogens is 280 g/mol. The quantitative estimate of drug-likeness (QED) is 0.780. The smallest absolute Gasteiger partial charge is 0.326 e. The number of halogens is 1. The fourth-order valence-electron chi connectivity index (χ4n) is 1.69. The van der Waals surface area contributed by atoms with Gasteiger partial charge in [-0.2, -0.15) is 0 Å². The molecule has 0 aromatic heterocycles. The van der Waals surface area contributed by atoms with Crippen LogP contribution in [0.2, 0.25) is 5.02 Å². The van der Waals surface area contributed by atoms with Crippen molar-refractivity contribution in [2.75, 3.05) is 5.32 Å². The summed E-state index contributed by atoms with van der Waals surface area (Å²) in [5.41, 5.74) is 1.42. The van der Waals surface area contributed by atoms with Crippen molar-refractivity contribution in [3.8, 4) is 0 Å². The summed E-state index contributed by atoms with van der Waals surface area (Å²) in [5.74, 6) is -0.874. The first-order valence-corrected chi connectivity index (χ1v) is 6.74. The molecule has 1 aromatic rings. The molecule has 6 heteroatoms. The van der Waals surface area contributed by atoms with Crippen molar-refractivity contribution < 1.29 is 14.7 Å². The van der Waals surface area contributed by atoms with Gasteiger partial charge in [0.15, 0.2) is 0 Å². The predicted molar refractivity (Wildman–Crippen MR) is 79.2 cm³/mol. The standard InChI is InChI=1S/C14H19ClN2O3/c1-8(2)6-12(13(18)19)17-14(20)16-10-5-4-9(3)11(15)7-10/h4-5,7-8,12H,6H2,1-3H3,(H,18,19)(H2,16,17,20)/t12-/m1/s1. The van der Waals surface area contributed by atoms with Crippen LogP contribution in [0.1, 0.15) is 25.8 Å². The van der Waals surface area contributed by atoms with E-state index in [0.29, 0.717) is 17.1 Å². The van der Waals surface area contributed by atoms with Crippen LogP contribution in [0, 0.1) is 12.8 Å². The van der Waals surface area contributed by atoms with Gasteiger partial charge in [-0.25, -0.2) is 9.59 Å². The van der Waals surface area contributed by atoms with Gasteiger partial charge in [0.1, 0.15) is 6.04 Å². The van der Waals surface area contributed by atoms with Gasteiger partial charge in [-0.3, -0.25) is 0 Å². The van der Waals surface area contributed by atoms with Gasteiger partial charge < -0.3 is 15.7 Å². The Morgan fingerprint density at radius 1 is 1.35 bits per heavy atom. The SMILES string of the molecule is Cc1ccc(NC(=O)N[C@H](CC(C)C)C(=O)O)cc1Cl. The summed E-state index contributed by atoms with van der Waals surface area (Å²) in [6.45, 7) is 5.65. The number of aryl methyl sites for hydroxylation is 1. The van der Waals surface area contributed by atoms with Crippen molar-refractivity contribution >= 4 is 29.3 Å². The van der Waals surface area contributed by atoms with E-state index in [9.17, 15) is 9.59 Å². The van der Waals surface area contributed by atoms with Gasteiger partial charge in [0.25, 0.3) is 0 Å². The minimum Gasteiger partial charge on any atom is -0.480 e. The average molecular weight is 299 g/mol. The molecular formula is C14H19ClN2O3. The van der Waals surface area contributed by atoms with Crippen molar-refractivity contribution in [3.63, 3.8) is 0 Å². The maximum atomic E-state index is 11.8. The summed E-state index contributed by atoms with van der Waals surface area (Å²) in [6.07, 6.45) is 0.372. The summed E-state index contributed by atoms with van der Waals surface area (Å²) < 4.78 is 0. The summed E-state index contributed by atoms with van der Waals surface area (Å²) >= 11 is 5.96. The molecule has 0 aliphatic rings. The van der Waals surface area contributed by atoms with Crippen LogP contribution in [0.5, 0.6) is 0 Å². The van der Waals surface area contributed by atoms with Crippen LogP contribution >= 0.6 is 11.6 Å². The van der Waals surface area contributed by atoms with Crippen molar-refractivity contribution in [1.29, 1.82) is 0 Å². The zero-order valence-electron chi connectivity index (χ0n) is 11.7. The number of nitrogens with one attached hydrogen (secondary N) is 2. The molecule has 1 atom stereocenters. The Morgan fingerprint density at radius 3 is 2.50 bits per heavy atom. The molecule has 0 bridgehead atoms. The summed E-state index contributed by atoms with van der Waals surface area (Å²) in [6, 6.07) is 3.64. The van der Waals surface area contributed by atoms with Crippen LogP contribution in [-0.4, -0.2) is 23.1 Å². The average Bonchev–Trinajstić information content (AvgIpc) is 2.32. The van der Waals surface area contributed by atoms with Gasteiger partial charge in [0, 0.05) is 10.7 Å². The number of carboxylic acid groups (broad SMARTS) is 1. The molecule has 1 rings (SSSR count). The molecule has 0 saturated heterocycles. The van der Waals surface area contributed by atoms with E-state index in [-0.39, 0.29) is 5.92 Å². The first-order chi connectivity index (χ1) is 9.29. The molecule has 0 aliphatic heterocycles. The molecule has 0 radical (unpaired) electrons. The van der Waals surface area contributed by atoms with Gasteiger partial charge >= 0.3 is 12.0 Å². The number of urea groups is 1. The topological polar surface area (TPSA) is 78.4 Å². The fourth-order valence-corrected chi connectivity index (χ4v) is 1.87. The van der Waals surface area contributed by atoms with Crippen molar-refractivity contribution in [2.45, 2.75) is 33.2 Å². The van der Waals surface area contributed by atoms with Crippen LogP contribution < -0.4 is 10.6 Å². The number of hydrogen-bond acceptors (Lipinski definition) is 2. The Kier molecular flexibility index (Phi) is 5.82. The molecule has 0 unspecified atom stereocenters. The molecule has 5 nitrogen and oxygen atoms in total. The summed E-state index contributed by atoms with van der Waals surface area (Å²) in [5, 5.41) is 14.6. The van der Waals surface area contributed by atoms with Crippen LogP contribution in [0.25, 0.3) is 0 Å². The molecule has 0 aliphatic carbocycles. The van der Waals surface area contributed by atoms with E-state index in [2.05, 4.69) is 10.6 Å². The number of benzene rings is 1. The second-order valence-electron chi connectivity index (χ2n) is 5.08.